The molecule has 0 heterocycles. The van der Waals surface area contributed by atoms with Crippen molar-refractivity contribution in [1.29, 1.82) is 0 Å². The predicted octanol–water partition coefficient (Wildman–Crippen LogP) is 3.53. The highest BCUT2D eigenvalue weighted by Gasteiger charge is 2.03. The number of nitrogens with one attached hydrogen (secondary N) is 1. The van der Waals surface area contributed by atoms with Crippen molar-refractivity contribution in [3.05, 3.63) is 58.6 Å². The first-order valence-corrected chi connectivity index (χ1v) is 7.77. The molecular formula is C18H20ClNO3. The number of benzene rings is 2. The number of rotatable bonds is 7. The monoisotopic (exact) mass is 333 g/mol. The van der Waals surface area contributed by atoms with Gasteiger partial charge in [0.1, 0.15) is 18.1 Å². The summed E-state index contributed by atoms with van der Waals surface area (Å²) in [7, 11) is 0. The highest BCUT2D eigenvalue weighted by Crippen LogP contribution is 2.20. The van der Waals surface area contributed by atoms with E-state index in [2.05, 4.69) is 5.32 Å². The third kappa shape index (κ3) is 5.83. The average molecular weight is 334 g/mol. The van der Waals surface area contributed by atoms with E-state index in [0.29, 0.717) is 23.9 Å². The molecule has 0 aliphatic heterocycles. The van der Waals surface area contributed by atoms with Crippen molar-refractivity contribution in [1.82, 2.24) is 5.32 Å². The number of carbonyl (C=O) groups is 1. The highest BCUT2D eigenvalue weighted by atomic mass is 35.5. The molecule has 1 amide bonds. The molecular weight excluding hydrogens is 314 g/mol. The number of aryl methyl sites for hydroxylation is 2. The Kier molecular flexibility index (Phi) is 6.29. The van der Waals surface area contributed by atoms with Crippen LogP contribution in [0.5, 0.6) is 11.5 Å². The molecule has 0 radical (unpaired) electrons. The van der Waals surface area contributed by atoms with E-state index >= 15 is 0 Å². The molecule has 4 nitrogen and oxygen atoms in total. The Balaban J connectivity index is 1.64. The van der Waals surface area contributed by atoms with Gasteiger partial charge in [0, 0.05) is 5.02 Å². The first-order chi connectivity index (χ1) is 11.0. The topological polar surface area (TPSA) is 47.6 Å². The summed E-state index contributed by atoms with van der Waals surface area (Å²) >= 11 is 5.95. The van der Waals surface area contributed by atoms with E-state index in [9.17, 15) is 4.79 Å². The van der Waals surface area contributed by atoms with E-state index in [1.165, 1.54) is 0 Å². The molecule has 2 aromatic rings. The molecule has 0 saturated carbocycles. The lowest BCUT2D eigenvalue weighted by atomic mass is 10.2. The lowest BCUT2D eigenvalue weighted by Crippen LogP contribution is -2.32. The van der Waals surface area contributed by atoms with Gasteiger partial charge in [-0.05, 0) is 49.7 Å². The normalized spacial score (nSPS) is 10.2. The Labute approximate surface area is 141 Å². The Morgan fingerprint density at radius 1 is 1.04 bits per heavy atom. The van der Waals surface area contributed by atoms with E-state index in [4.69, 9.17) is 21.1 Å². The minimum Gasteiger partial charge on any atom is -0.492 e. The summed E-state index contributed by atoms with van der Waals surface area (Å²) in [4.78, 5) is 11.7. The van der Waals surface area contributed by atoms with Gasteiger partial charge in [-0.3, -0.25) is 4.79 Å². The molecule has 122 valence electrons. The molecule has 0 bridgehead atoms. The van der Waals surface area contributed by atoms with Crippen LogP contribution in [-0.4, -0.2) is 25.7 Å². The Hall–Kier alpha value is -2.20. The van der Waals surface area contributed by atoms with Crippen LogP contribution in [-0.2, 0) is 4.79 Å². The second-order valence-corrected chi connectivity index (χ2v) is 5.62. The van der Waals surface area contributed by atoms with Crippen molar-refractivity contribution in [3.63, 3.8) is 0 Å². The zero-order valence-electron chi connectivity index (χ0n) is 13.3. The zero-order valence-corrected chi connectivity index (χ0v) is 14.0. The fraction of sp³-hybridized carbons (Fsp3) is 0.278. The van der Waals surface area contributed by atoms with E-state index < -0.39 is 0 Å². The lowest BCUT2D eigenvalue weighted by Gasteiger charge is -2.10. The molecule has 0 atom stereocenters. The molecule has 0 unspecified atom stereocenters. The van der Waals surface area contributed by atoms with E-state index in [1.807, 2.05) is 44.2 Å². The van der Waals surface area contributed by atoms with Crippen molar-refractivity contribution >= 4 is 17.5 Å². The summed E-state index contributed by atoms with van der Waals surface area (Å²) in [6.07, 6.45) is 0. The van der Waals surface area contributed by atoms with Gasteiger partial charge in [-0.25, -0.2) is 0 Å². The highest BCUT2D eigenvalue weighted by molar-refractivity contribution is 6.31. The SMILES string of the molecule is Cc1ccc(OCC(=O)NCCOc2ccc(Cl)c(C)c2)cc1. The summed E-state index contributed by atoms with van der Waals surface area (Å²) < 4.78 is 11.0. The van der Waals surface area contributed by atoms with Gasteiger partial charge in [0.2, 0.25) is 0 Å². The molecule has 0 aliphatic rings. The fourth-order valence-corrected chi connectivity index (χ4v) is 2.02. The van der Waals surface area contributed by atoms with Crippen LogP contribution >= 0.6 is 11.6 Å². The van der Waals surface area contributed by atoms with Gasteiger partial charge in [0.25, 0.3) is 5.91 Å². The smallest absolute Gasteiger partial charge is 0.258 e. The largest absolute Gasteiger partial charge is 0.492 e. The number of hydrogen-bond donors (Lipinski definition) is 1. The van der Waals surface area contributed by atoms with Crippen LogP contribution in [0.1, 0.15) is 11.1 Å². The maximum atomic E-state index is 11.7. The number of amides is 1. The zero-order chi connectivity index (χ0) is 16.7. The number of ether oxygens (including phenoxy) is 2. The second kappa shape index (κ2) is 8.44. The van der Waals surface area contributed by atoms with Crippen LogP contribution in [0, 0.1) is 13.8 Å². The Morgan fingerprint density at radius 2 is 1.74 bits per heavy atom. The van der Waals surface area contributed by atoms with Crippen molar-refractivity contribution < 1.29 is 14.3 Å². The van der Waals surface area contributed by atoms with Gasteiger partial charge >= 0.3 is 0 Å². The van der Waals surface area contributed by atoms with Crippen LogP contribution < -0.4 is 14.8 Å². The molecule has 2 rings (SSSR count). The Morgan fingerprint density at radius 3 is 2.43 bits per heavy atom. The number of carbonyl (C=O) groups excluding carboxylic acids is 1. The first-order valence-electron chi connectivity index (χ1n) is 7.40. The molecule has 23 heavy (non-hydrogen) atoms. The van der Waals surface area contributed by atoms with Crippen LogP contribution in [0.3, 0.4) is 0 Å². The van der Waals surface area contributed by atoms with Gasteiger partial charge in [-0.2, -0.15) is 0 Å². The predicted molar refractivity (Wildman–Crippen MR) is 91.4 cm³/mol. The molecule has 2 aromatic carbocycles. The maximum Gasteiger partial charge on any atom is 0.258 e. The summed E-state index contributed by atoms with van der Waals surface area (Å²) in [6.45, 7) is 4.70. The lowest BCUT2D eigenvalue weighted by molar-refractivity contribution is -0.123. The van der Waals surface area contributed by atoms with Gasteiger partial charge in [-0.1, -0.05) is 29.3 Å². The minimum absolute atomic E-state index is 0.0108. The minimum atomic E-state index is -0.179. The van der Waals surface area contributed by atoms with Gasteiger partial charge < -0.3 is 14.8 Å². The number of halogens is 1. The summed E-state index contributed by atoms with van der Waals surface area (Å²) in [5.41, 5.74) is 2.11. The third-order valence-corrected chi connectivity index (χ3v) is 3.64. The molecule has 0 saturated heterocycles. The standard InChI is InChI=1S/C18H20ClNO3/c1-13-3-5-15(6-4-13)23-12-18(21)20-9-10-22-16-7-8-17(19)14(2)11-16/h3-8,11H,9-10,12H2,1-2H3,(H,20,21). The maximum absolute atomic E-state index is 11.7. The first kappa shape index (κ1) is 17.2. The van der Waals surface area contributed by atoms with Gasteiger partial charge in [0.15, 0.2) is 6.61 Å². The van der Waals surface area contributed by atoms with Crippen LogP contribution in [0.25, 0.3) is 0 Å². The third-order valence-electron chi connectivity index (χ3n) is 3.21. The second-order valence-electron chi connectivity index (χ2n) is 5.21. The van der Waals surface area contributed by atoms with Crippen molar-refractivity contribution in [3.8, 4) is 11.5 Å². The molecule has 0 fully saturated rings. The molecule has 0 aliphatic carbocycles. The fourth-order valence-electron chi connectivity index (χ4n) is 1.90. The summed E-state index contributed by atoms with van der Waals surface area (Å²) in [5, 5.41) is 3.45. The van der Waals surface area contributed by atoms with Gasteiger partial charge in [-0.15, -0.1) is 0 Å². The van der Waals surface area contributed by atoms with Crippen molar-refractivity contribution in [2.45, 2.75) is 13.8 Å². The van der Waals surface area contributed by atoms with E-state index in [0.717, 1.165) is 16.9 Å². The molecule has 5 heteroatoms. The Bertz CT molecular complexity index is 656. The quantitative estimate of drug-likeness (QED) is 0.788. The average Bonchev–Trinajstić information content (AvgIpc) is 2.54. The van der Waals surface area contributed by atoms with Crippen LogP contribution in [0.15, 0.2) is 42.5 Å². The molecule has 1 N–H and O–H groups in total. The summed E-state index contributed by atoms with van der Waals surface area (Å²) in [5.74, 6) is 1.23. The van der Waals surface area contributed by atoms with Crippen LogP contribution in [0.4, 0.5) is 0 Å². The molecule has 0 aromatic heterocycles. The van der Waals surface area contributed by atoms with Crippen LogP contribution in [0.2, 0.25) is 5.02 Å². The van der Waals surface area contributed by atoms with E-state index in [1.54, 1.807) is 12.1 Å². The number of hydrogen-bond acceptors (Lipinski definition) is 3. The van der Waals surface area contributed by atoms with Crippen molar-refractivity contribution in [2.75, 3.05) is 19.8 Å². The molecule has 0 spiro atoms. The summed E-state index contributed by atoms with van der Waals surface area (Å²) in [6, 6.07) is 13.0. The van der Waals surface area contributed by atoms with E-state index in [-0.39, 0.29) is 12.5 Å². The van der Waals surface area contributed by atoms with Crippen molar-refractivity contribution in [2.24, 2.45) is 0 Å². The van der Waals surface area contributed by atoms with Gasteiger partial charge in [0.05, 0.1) is 6.54 Å².